The van der Waals surface area contributed by atoms with Crippen LogP contribution in [0.3, 0.4) is 0 Å². The second kappa shape index (κ2) is 7.33. The van der Waals surface area contributed by atoms with Gasteiger partial charge in [-0.1, -0.05) is 13.8 Å². The Morgan fingerprint density at radius 1 is 1.50 bits per heavy atom. The first-order valence-electron chi connectivity index (χ1n) is 6.23. The van der Waals surface area contributed by atoms with Gasteiger partial charge in [0.1, 0.15) is 6.04 Å². The van der Waals surface area contributed by atoms with Crippen molar-refractivity contribution in [2.24, 2.45) is 5.92 Å². The normalized spacial score (nSPS) is 21.4. The molecule has 6 nitrogen and oxygen atoms in total. The molecule has 1 aliphatic rings. The molecule has 2 N–H and O–H groups in total. The van der Waals surface area contributed by atoms with Crippen LogP contribution < -0.4 is 10.6 Å². The predicted molar refractivity (Wildman–Crippen MR) is 66.0 cm³/mol. The van der Waals surface area contributed by atoms with Gasteiger partial charge in [-0.15, -0.1) is 0 Å². The van der Waals surface area contributed by atoms with Crippen LogP contribution in [0.25, 0.3) is 0 Å². The largest absolute Gasteiger partial charge is 0.467 e. The van der Waals surface area contributed by atoms with Crippen molar-refractivity contribution in [2.75, 3.05) is 26.9 Å². The molecule has 0 aromatic carbocycles. The van der Waals surface area contributed by atoms with Crippen LogP contribution in [0, 0.1) is 5.92 Å². The smallest absolute Gasteiger partial charge is 0.328 e. The fourth-order valence-electron chi connectivity index (χ4n) is 1.83. The number of ether oxygens (including phenoxy) is 2. The molecule has 1 rings (SSSR count). The monoisotopic (exact) mass is 258 g/mol. The molecule has 18 heavy (non-hydrogen) atoms. The van der Waals surface area contributed by atoms with Gasteiger partial charge in [0.05, 0.1) is 20.3 Å². The second-order valence-electron chi connectivity index (χ2n) is 4.74. The number of carbonyl (C=O) groups is 2. The second-order valence-corrected chi connectivity index (χ2v) is 4.74. The highest BCUT2D eigenvalue weighted by molar-refractivity contribution is 5.84. The van der Waals surface area contributed by atoms with Crippen molar-refractivity contribution >= 4 is 11.9 Å². The molecule has 0 bridgehead atoms. The summed E-state index contributed by atoms with van der Waals surface area (Å²) in [6, 6.07) is -0.573. The highest BCUT2D eigenvalue weighted by Gasteiger charge is 2.26. The summed E-state index contributed by atoms with van der Waals surface area (Å²) in [6.07, 6.45) is 0.306. The molecule has 0 spiro atoms. The highest BCUT2D eigenvalue weighted by Crippen LogP contribution is 2.05. The minimum atomic E-state index is -0.591. The zero-order chi connectivity index (χ0) is 13.5. The van der Waals surface area contributed by atoms with Crippen molar-refractivity contribution in [3.8, 4) is 0 Å². The third-order valence-corrected chi connectivity index (χ3v) is 2.87. The lowest BCUT2D eigenvalue weighted by atomic mass is 10.0. The summed E-state index contributed by atoms with van der Waals surface area (Å²) in [6.45, 7) is 5.68. The minimum absolute atomic E-state index is 0.00281. The van der Waals surface area contributed by atoms with Gasteiger partial charge in [0.25, 0.3) is 0 Å². The summed E-state index contributed by atoms with van der Waals surface area (Å²) in [4.78, 5) is 23.3. The average molecular weight is 258 g/mol. The number of amides is 1. The van der Waals surface area contributed by atoms with E-state index in [2.05, 4.69) is 15.4 Å². The van der Waals surface area contributed by atoms with E-state index in [-0.39, 0.29) is 17.9 Å². The number of nitrogens with one attached hydrogen (secondary N) is 2. The number of rotatable bonds is 5. The van der Waals surface area contributed by atoms with Crippen LogP contribution in [0.1, 0.15) is 20.3 Å². The van der Waals surface area contributed by atoms with Gasteiger partial charge in [0, 0.05) is 19.0 Å². The molecule has 1 heterocycles. The summed E-state index contributed by atoms with van der Waals surface area (Å²) < 4.78 is 9.94. The Hall–Kier alpha value is -1.14. The number of methoxy groups -OCH3 is 1. The van der Waals surface area contributed by atoms with E-state index in [1.807, 2.05) is 13.8 Å². The van der Waals surface area contributed by atoms with E-state index >= 15 is 0 Å². The zero-order valence-corrected chi connectivity index (χ0v) is 11.2. The van der Waals surface area contributed by atoms with Gasteiger partial charge >= 0.3 is 5.97 Å². The van der Waals surface area contributed by atoms with Gasteiger partial charge in [0.15, 0.2) is 0 Å². The number of morpholine rings is 1. The molecule has 104 valence electrons. The lowest BCUT2D eigenvalue weighted by Gasteiger charge is -2.25. The Bertz CT molecular complexity index is 288. The Morgan fingerprint density at radius 3 is 2.72 bits per heavy atom. The molecule has 0 aliphatic carbocycles. The number of carbonyl (C=O) groups excluding carboxylic acids is 2. The van der Waals surface area contributed by atoms with Crippen molar-refractivity contribution < 1.29 is 19.1 Å². The van der Waals surface area contributed by atoms with E-state index in [0.717, 1.165) is 6.54 Å². The predicted octanol–water partition coefficient (Wildman–Crippen LogP) is -0.321. The van der Waals surface area contributed by atoms with Crippen molar-refractivity contribution in [3.63, 3.8) is 0 Å². The van der Waals surface area contributed by atoms with Crippen LogP contribution >= 0.6 is 0 Å². The Morgan fingerprint density at radius 2 is 2.22 bits per heavy atom. The third kappa shape index (κ3) is 4.62. The van der Waals surface area contributed by atoms with E-state index in [1.165, 1.54) is 7.11 Å². The van der Waals surface area contributed by atoms with Gasteiger partial charge < -0.3 is 20.1 Å². The lowest BCUT2D eigenvalue weighted by Crippen LogP contribution is -2.49. The molecule has 6 heteroatoms. The van der Waals surface area contributed by atoms with Gasteiger partial charge in [0.2, 0.25) is 5.91 Å². The van der Waals surface area contributed by atoms with Crippen LogP contribution in [-0.4, -0.2) is 50.8 Å². The quantitative estimate of drug-likeness (QED) is 0.661. The molecule has 1 fully saturated rings. The topological polar surface area (TPSA) is 76.7 Å². The maximum Gasteiger partial charge on any atom is 0.328 e. The first kappa shape index (κ1) is 14.9. The molecule has 0 saturated carbocycles. The molecule has 0 radical (unpaired) electrons. The van der Waals surface area contributed by atoms with Crippen molar-refractivity contribution in [1.82, 2.24) is 10.6 Å². The van der Waals surface area contributed by atoms with E-state index in [1.54, 1.807) is 0 Å². The first-order valence-corrected chi connectivity index (χ1v) is 6.23. The maximum atomic E-state index is 11.8. The fraction of sp³-hybridized carbons (Fsp3) is 0.833. The van der Waals surface area contributed by atoms with E-state index in [4.69, 9.17) is 4.74 Å². The van der Waals surface area contributed by atoms with Crippen molar-refractivity contribution in [3.05, 3.63) is 0 Å². The number of hydrogen-bond donors (Lipinski definition) is 2. The number of esters is 1. The van der Waals surface area contributed by atoms with Gasteiger partial charge in [-0.05, 0) is 5.92 Å². The molecule has 1 saturated heterocycles. The van der Waals surface area contributed by atoms with Crippen LogP contribution in [0.2, 0.25) is 0 Å². The Balaban J connectivity index is 2.42. The maximum absolute atomic E-state index is 11.8. The molecule has 0 aromatic heterocycles. The minimum Gasteiger partial charge on any atom is -0.467 e. The van der Waals surface area contributed by atoms with E-state index in [9.17, 15) is 9.59 Å². The lowest BCUT2D eigenvalue weighted by molar-refractivity contribution is -0.146. The summed E-state index contributed by atoms with van der Waals surface area (Å²) in [7, 11) is 1.32. The standard InChI is InChI=1S/C12H22N2O4/c1-8(2)11(12(16)17-3)14-10(15)6-9-7-18-5-4-13-9/h8-9,11,13H,4-7H2,1-3H3,(H,14,15). The summed E-state index contributed by atoms with van der Waals surface area (Å²) in [5.41, 5.74) is 0. The fourth-order valence-corrected chi connectivity index (χ4v) is 1.83. The molecule has 1 amide bonds. The number of hydrogen-bond acceptors (Lipinski definition) is 5. The molecule has 2 atom stereocenters. The van der Waals surface area contributed by atoms with Gasteiger partial charge in [-0.3, -0.25) is 4.79 Å². The Labute approximate surface area is 107 Å². The van der Waals surface area contributed by atoms with Crippen LogP contribution in [-0.2, 0) is 19.1 Å². The molecule has 2 unspecified atom stereocenters. The zero-order valence-electron chi connectivity index (χ0n) is 11.2. The average Bonchev–Trinajstić information content (AvgIpc) is 2.36. The van der Waals surface area contributed by atoms with Gasteiger partial charge in [-0.2, -0.15) is 0 Å². The summed E-state index contributed by atoms with van der Waals surface area (Å²) >= 11 is 0. The molecule has 0 aromatic rings. The van der Waals surface area contributed by atoms with E-state index < -0.39 is 12.0 Å². The molecular weight excluding hydrogens is 236 g/mol. The Kier molecular flexibility index (Phi) is 6.07. The SMILES string of the molecule is COC(=O)C(NC(=O)CC1COCCN1)C(C)C. The highest BCUT2D eigenvalue weighted by atomic mass is 16.5. The van der Waals surface area contributed by atoms with Crippen LogP contribution in [0.4, 0.5) is 0 Å². The van der Waals surface area contributed by atoms with Crippen LogP contribution in [0.15, 0.2) is 0 Å². The first-order chi connectivity index (χ1) is 8.54. The van der Waals surface area contributed by atoms with Crippen molar-refractivity contribution in [2.45, 2.75) is 32.4 Å². The molecular formula is C12H22N2O4. The van der Waals surface area contributed by atoms with E-state index in [0.29, 0.717) is 19.6 Å². The van der Waals surface area contributed by atoms with Gasteiger partial charge in [-0.25, -0.2) is 4.79 Å². The van der Waals surface area contributed by atoms with Crippen LogP contribution in [0.5, 0.6) is 0 Å². The van der Waals surface area contributed by atoms with Crippen molar-refractivity contribution in [1.29, 1.82) is 0 Å². The summed E-state index contributed by atoms with van der Waals surface area (Å²) in [5, 5.41) is 5.90. The molecule has 1 aliphatic heterocycles. The third-order valence-electron chi connectivity index (χ3n) is 2.87. The summed E-state index contributed by atoms with van der Waals surface area (Å²) in [5.74, 6) is -0.578.